The van der Waals surface area contributed by atoms with E-state index in [4.69, 9.17) is 11.6 Å². The van der Waals surface area contributed by atoms with Gasteiger partial charge in [-0.15, -0.1) is 0 Å². The van der Waals surface area contributed by atoms with Crippen LogP contribution in [-0.4, -0.2) is 52.4 Å². The van der Waals surface area contributed by atoms with Crippen molar-refractivity contribution < 1.29 is 9.59 Å². The smallest absolute Gasteiger partial charge is 0.251 e. The Hall–Kier alpha value is -2.90. The summed E-state index contributed by atoms with van der Waals surface area (Å²) in [6.45, 7) is 8.28. The number of imidazole rings is 1. The third-order valence-electron chi connectivity index (χ3n) is 5.41. The molecule has 0 spiro atoms. The highest BCUT2D eigenvalue weighted by Crippen LogP contribution is 2.20. The topological polar surface area (TPSA) is 79.3 Å². The van der Waals surface area contributed by atoms with E-state index in [0.717, 1.165) is 37.2 Å². The van der Waals surface area contributed by atoms with Crippen LogP contribution in [0, 0.1) is 0 Å². The summed E-state index contributed by atoms with van der Waals surface area (Å²) in [4.78, 5) is 31.6. The van der Waals surface area contributed by atoms with Crippen molar-refractivity contribution in [1.29, 1.82) is 0 Å². The van der Waals surface area contributed by atoms with Gasteiger partial charge in [-0.1, -0.05) is 37.6 Å². The number of nitrogens with one attached hydrogen (secondary N) is 2. The molecule has 0 bridgehead atoms. The fourth-order valence-electron chi connectivity index (χ4n) is 3.52. The number of aromatic nitrogens is 2. The number of halogens is 1. The Kier molecular flexibility index (Phi) is 8.64. The molecule has 0 radical (unpaired) electrons. The molecule has 0 aliphatic rings. The highest BCUT2D eigenvalue weighted by atomic mass is 35.5. The van der Waals surface area contributed by atoms with Crippen LogP contribution < -0.4 is 10.6 Å². The van der Waals surface area contributed by atoms with Crippen LogP contribution in [0.1, 0.15) is 37.0 Å². The number of hydrogen-bond donors (Lipinski definition) is 2. The SMILES string of the molecule is CCN(CC)CCn1c(NC(=O)CCCNC(=O)c2ccc(Cl)cc2)nc2ccccc21. The average molecular weight is 456 g/mol. The number of rotatable bonds is 11. The van der Waals surface area contributed by atoms with E-state index in [0.29, 0.717) is 35.9 Å². The zero-order chi connectivity index (χ0) is 22.9. The van der Waals surface area contributed by atoms with Gasteiger partial charge in [0.05, 0.1) is 11.0 Å². The van der Waals surface area contributed by atoms with Crippen molar-refractivity contribution in [2.75, 3.05) is 31.5 Å². The van der Waals surface area contributed by atoms with Gasteiger partial charge in [0.15, 0.2) is 0 Å². The molecule has 32 heavy (non-hydrogen) atoms. The number of fused-ring (bicyclic) bond motifs is 1. The van der Waals surface area contributed by atoms with Crippen LogP contribution in [-0.2, 0) is 11.3 Å². The molecule has 2 aromatic carbocycles. The Labute approximate surface area is 193 Å². The minimum Gasteiger partial charge on any atom is -0.352 e. The summed E-state index contributed by atoms with van der Waals surface area (Å²) in [7, 11) is 0. The van der Waals surface area contributed by atoms with Gasteiger partial charge < -0.3 is 14.8 Å². The highest BCUT2D eigenvalue weighted by Gasteiger charge is 2.14. The third-order valence-corrected chi connectivity index (χ3v) is 5.66. The number of anilines is 1. The number of carbonyl (C=O) groups excluding carboxylic acids is 2. The van der Waals surface area contributed by atoms with Crippen molar-refractivity contribution >= 4 is 40.4 Å². The molecular formula is C24H30ClN5O2. The summed E-state index contributed by atoms with van der Waals surface area (Å²) < 4.78 is 2.06. The number of nitrogens with zero attached hydrogens (tertiary/aromatic N) is 3. The van der Waals surface area contributed by atoms with E-state index in [1.807, 2.05) is 24.3 Å². The summed E-state index contributed by atoms with van der Waals surface area (Å²) in [5.74, 6) is 0.263. The second kappa shape index (κ2) is 11.6. The van der Waals surface area contributed by atoms with Crippen LogP contribution in [0.3, 0.4) is 0 Å². The van der Waals surface area contributed by atoms with Crippen LogP contribution in [0.25, 0.3) is 11.0 Å². The van der Waals surface area contributed by atoms with E-state index >= 15 is 0 Å². The summed E-state index contributed by atoms with van der Waals surface area (Å²) in [6.07, 6.45) is 0.824. The molecule has 3 rings (SSSR count). The minimum atomic E-state index is -0.180. The second-order valence-corrected chi connectivity index (χ2v) is 7.95. The Morgan fingerprint density at radius 2 is 1.78 bits per heavy atom. The van der Waals surface area contributed by atoms with E-state index in [-0.39, 0.29) is 11.8 Å². The Bertz CT molecular complexity index is 1040. The van der Waals surface area contributed by atoms with E-state index in [9.17, 15) is 9.59 Å². The monoisotopic (exact) mass is 455 g/mol. The lowest BCUT2D eigenvalue weighted by Gasteiger charge is -2.19. The molecule has 0 unspecified atom stereocenters. The zero-order valence-corrected chi connectivity index (χ0v) is 19.4. The number of hydrogen-bond acceptors (Lipinski definition) is 4. The first-order chi connectivity index (χ1) is 15.5. The average Bonchev–Trinajstić information content (AvgIpc) is 3.14. The number of para-hydroxylation sites is 2. The second-order valence-electron chi connectivity index (χ2n) is 7.52. The van der Waals surface area contributed by atoms with Crippen LogP contribution in [0.15, 0.2) is 48.5 Å². The van der Waals surface area contributed by atoms with Gasteiger partial charge in [0.2, 0.25) is 11.9 Å². The van der Waals surface area contributed by atoms with Crippen LogP contribution in [0.4, 0.5) is 5.95 Å². The van der Waals surface area contributed by atoms with Gasteiger partial charge in [-0.2, -0.15) is 0 Å². The van der Waals surface area contributed by atoms with E-state index in [1.54, 1.807) is 24.3 Å². The molecule has 0 fully saturated rings. The summed E-state index contributed by atoms with van der Waals surface area (Å²) in [5, 5.41) is 6.37. The van der Waals surface area contributed by atoms with Crippen molar-refractivity contribution in [3.05, 3.63) is 59.1 Å². The van der Waals surface area contributed by atoms with E-state index < -0.39 is 0 Å². The predicted molar refractivity (Wildman–Crippen MR) is 129 cm³/mol. The van der Waals surface area contributed by atoms with E-state index in [1.165, 1.54) is 0 Å². The maximum Gasteiger partial charge on any atom is 0.251 e. The molecule has 1 aromatic heterocycles. The molecule has 2 N–H and O–H groups in total. The van der Waals surface area contributed by atoms with Crippen molar-refractivity contribution in [2.24, 2.45) is 0 Å². The maximum absolute atomic E-state index is 12.5. The lowest BCUT2D eigenvalue weighted by atomic mass is 10.2. The lowest BCUT2D eigenvalue weighted by Crippen LogP contribution is -2.28. The Morgan fingerprint density at radius 3 is 2.50 bits per heavy atom. The van der Waals surface area contributed by atoms with Gasteiger partial charge >= 0.3 is 0 Å². The van der Waals surface area contributed by atoms with Crippen molar-refractivity contribution in [3.8, 4) is 0 Å². The molecule has 7 nitrogen and oxygen atoms in total. The van der Waals surface area contributed by atoms with Gasteiger partial charge in [-0.05, 0) is 55.9 Å². The van der Waals surface area contributed by atoms with Crippen molar-refractivity contribution in [2.45, 2.75) is 33.2 Å². The lowest BCUT2D eigenvalue weighted by molar-refractivity contribution is -0.116. The van der Waals surface area contributed by atoms with Crippen molar-refractivity contribution in [3.63, 3.8) is 0 Å². The normalized spacial score (nSPS) is 11.1. The van der Waals surface area contributed by atoms with E-state index in [2.05, 4.69) is 38.9 Å². The molecule has 0 saturated heterocycles. The Morgan fingerprint density at radius 1 is 1.06 bits per heavy atom. The number of likely N-dealkylation sites (N-methyl/N-ethyl adjacent to an activating group) is 1. The first-order valence-electron chi connectivity index (χ1n) is 11.0. The molecule has 3 aromatic rings. The zero-order valence-electron chi connectivity index (χ0n) is 18.6. The van der Waals surface area contributed by atoms with Crippen molar-refractivity contribution in [1.82, 2.24) is 19.8 Å². The molecule has 0 saturated carbocycles. The van der Waals surface area contributed by atoms with Crippen LogP contribution >= 0.6 is 11.6 Å². The van der Waals surface area contributed by atoms with Gasteiger partial charge in [0.1, 0.15) is 0 Å². The summed E-state index contributed by atoms with van der Waals surface area (Å²) in [5.41, 5.74) is 2.41. The first kappa shape index (κ1) is 23.8. The van der Waals surface area contributed by atoms with Gasteiger partial charge in [0, 0.05) is 36.6 Å². The van der Waals surface area contributed by atoms with Gasteiger partial charge in [0.25, 0.3) is 5.91 Å². The molecule has 0 aliphatic carbocycles. The van der Waals surface area contributed by atoms with Crippen LogP contribution in [0.2, 0.25) is 5.02 Å². The molecule has 0 aliphatic heterocycles. The number of carbonyl (C=O) groups is 2. The standard InChI is InChI=1S/C24H30ClN5O2/c1-3-29(4-2)16-17-30-21-9-6-5-8-20(21)27-24(30)28-22(31)10-7-15-26-23(32)18-11-13-19(25)14-12-18/h5-6,8-9,11-14H,3-4,7,10,15-17H2,1-2H3,(H,26,32)(H,27,28,31). The van der Waals surface area contributed by atoms with Gasteiger partial charge in [-0.3, -0.25) is 14.9 Å². The van der Waals surface area contributed by atoms with Crippen LogP contribution in [0.5, 0.6) is 0 Å². The minimum absolute atomic E-state index is 0.120. The Balaban J connectivity index is 1.54. The fraction of sp³-hybridized carbons (Fsp3) is 0.375. The molecule has 2 amide bonds. The maximum atomic E-state index is 12.5. The summed E-state index contributed by atoms with van der Waals surface area (Å²) in [6, 6.07) is 14.6. The largest absolute Gasteiger partial charge is 0.352 e. The van der Waals surface area contributed by atoms with Gasteiger partial charge in [-0.25, -0.2) is 4.98 Å². The molecular weight excluding hydrogens is 426 g/mol. The highest BCUT2D eigenvalue weighted by molar-refractivity contribution is 6.30. The molecule has 8 heteroatoms. The summed E-state index contributed by atoms with van der Waals surface area (Å²) >= 11 is 5.85. The molecule has 170 valence electrons. The number of benzene rings is 2. The number of amides is 2. The molecule has 1 heterocycles. The third kappa shape index (κ3) is 6.31. The quantitative estimate of drug-likeness (QED) is 0.425. The predicted octanol–water partition coefficient (Wildman–Crippen LogP) is 4.18. The first-order valence-corrected chi connectivity index (χ1v) is 11.4. The molecule has 0 atom stereocenters. The fourth-order valence-corrected chi connectivity index (χ4v) is 3.65.